The zero-order valence-corrected chi connectivity index (χ0v) is 17.1. The Morgan fingerprint density at radius 3 is 2.61 bits per heavy atom. The third kappa shape index (κ3) is 6.07. The van der Waals surface area contributed by atoms with E-state index in [2.05, 4.69) is 20.2 Å². The van der Waals surface area contributed by atoms with Gasteiger partial charge in [0.05, 0.1) is 11.1 Å². The third-order valence-corrected chi connectivity index (χ3v) is 6.37. The number of aromatic nitrogens is 1. The van der Waals surface area contributed by atoms with Gasteiger partial charge in [-0.2, -0.15) is 13.2 Å². The Morgan fingerprint density at radius 1 is 1.29 bits per heavy atom. The third-order valence-electron chi connectivity index (χ3n) is 5.46. The highest BCUT2D eigenvalue weighted by Gasteiger charge is 2.33. The van der Waals surface area contributed by atoms with Gasteiger partial charge in [-0.25, -0.2) is 4.98 Å². The average molecular weight is 419 g/mol. The van der Waals surface area contributed by atoms with Crippen molar-refractivity contribution in [3.05, 3.63) is 16.1 Å². The molecule has 1 aliphatic carbocycles. The zero-order chi connectivity index (χ0) is 20.0. The summed E-state index contributed by atoms with van der Waals surface area (Å²) in [5, 5.41) is 4.80. The van der Waals surface area contributed by atoms with Crippen molar-refractivity contribution in [3.63, 3.8) is 0 Å². The summed E-state index contributed by atoms with van der Waals surface area (Å²) in [7, 11) is 1.73. The maximum Gasteiger partial charge on any atom is 0.434 e. The summed E-state index contributed by atoms with van der Waals surface area (Å²) < 4.78 is 44.0. The summed E-state index contributed by atoms with van der Waals surface area (Å²) in [6.07, 6.45) is 3.65. The summed E-state index contributed by atoms with van der Waals surface area (Å²) in [6.45, 7) is 3.16. The molecule has 158 valence electrons. The number of ether oxygens (including phenoxy) is 1. The van der Waals surface area contributed by atoms with Gasteiger partial charge in [-0.05, 0) is 31.6 Å². The minimum Gasteiger partial charge on any atom is -0.378 e. The van der Waals surface area contributed by atoms with Crippen molar-refractivity contribution < 1.29 is 17.9 Å². The standard InChI is InChI=1S/C19H29F3N4OS/c1-23-18(24-9-6-17-25-16(13-28-17)19(20,21)22)26-10-7-15(8-11-26)27-12-14-4-2-3-5-14/h13-15H,2-12H2,1H3,(H,23,24). The van der Waals surface area contributed by atoms with E-state index >= 15 is 0 Å². The van der Waals surface area contributed by atoms with Gasteiger partial charge in [-0.1, -0.05) is 12.8 Å². The Labute approximate surface area is 168 Å². The molecule has 0 unspecified atom stereocenters. The molecule has 1 aliphatic heterocycles. The summed E-state index contributed by atoms with van der Waals surface area (Å²) in [5.41, 5.74) is -0.809. The Morgan fingerprint density at radius 2 is 2.00 bits per heavy atom. The number of halogens is 3. The number of aliphatic imine (C=N–C) groups is 1. The quantitative estimate of drug-likeness (QED) is 0.561. The van der Waals surface area contributed by atoms with Crippen LogP contribution in [0.5, 0.6) is 0 Å². The van der Waals surface area contributed by atoms with Crippen LogP contribution in [0.15, 0.2) is 10.4 Å². The number of hydrogen-bond donors (Lipinski definition) is 1. The number of nitrogens with one attached hydrogen (secondary N) is 1. The van der Waals surface area contributed by atoms with E-state index in [1.807, 2.05) is 0 Å². The molecule has 0 bridgehead atoms. The summed E-state index contributed by atoms with van der Waals surface area (Å²) in [6, 6.07) is 0. The van der Waals surface area contributed by atoms with Gasteiger partial charge < -0.3 is 15.0 Å². The van der Waals surface area contributed by atoms with Crippen molar-refractivity contribution in [3.8, 4) is 0 Å². The number of hydrogen-bond acceptors (Lipinski definition) is 4. The number of piperidine rings is 1. The molecule has 0 amide bonds. The molecule has 0 aromatic carbocycles. The van der Waals surface area contributed by atoms with Gasteiger partial charge in [-0.15, -0.1) is 11.3 Å². The smallest absolute Gasteiger partial charge is 0.378 e. The minimum absolute atomic E-state index is 0.325. The van der Waals surface area contributed by atoms with E-state index < -0.39 is 11.9 Å². The maximum atomic E-state index is 12.6. The fourth-order valence-electron chi connectivity index (χ4n) is 3.85. The first-order valence-electron chi connectivity index (χ1n) is 10.0. The van der Waals surface area contributed by atoms with Crippen molar-refractivity contribution >= 4 is 17.3 Å². The van der Waals surface area contributed by atoms with Crippen molar-refractivity contribution in [1.82, 2.24) is 15.2 Å². The first-order valence-corrected chi connectivity index (χ1v) is 10.9. The molecule has 2 fully saturated rings. The van der Waals surface area contributed by atoms with E-state index in [4.69, 9.17) is 4.74 Å². The number of rotatable bonds is 6. The fourth-order valence-corrected chi connectivity index (χ4v) is 4.66. The van der Waals surface area contributed by atoms with E-state index in [1.165, 1.54) is 25.7 Å². The van der Waals surface area contributed by atoms with Crippen LogP contribution in [0.1, 0.15) is 49.2 Å². The highest BCUT2D eigenvalue weighted by molar-refractivity contribution is 7.09. The van der Waals surface area contributed by atoms with Crippen LogP contribution in [-0.4, -0.2) is 55.2 Å². The van der Waals surface area contributed by atoms with E-state index in [9.17, 15) is 13.2 Å². The molecule has 2 heterocycles. The lowest BCUT2D eigenvalue weighted by Crippen LogP contribution is -2.47. The second-order valence-corrected chi connectivity index (χ2v) is 8.46. The number of nitrogens with zero attached hydrogens (tertiary/aromatic N) is 3. The molecule has 1 saturated carbocycles. The number of guanidine groups is 1. The van der Waals surface area contributed by atoms with Gasteiger partial charge in [0.1, 0.15) is 0 Å². The van der Waals surface area contributed by atoms with Crippen LogP contribution < -0.4 is 5.32 Å². The van der Waals surface area contributed by atoms with E-state index in [0.717, 1.165) is 61.1 Å². The van der Waals surface area contributed by atoms with Crippen LogP contribution in [0.3, 0.4) is 0 Å². The molecule has 1 aromatic rings. The SMILES string of the molecule is CN=C(NCCc1nc(C(F)(F)F)cs1)N1CCC(OCC2CCCC2)CC1. The summed E-state index contributed by atoms with van der Waals surface area (Å²) in [5.74, 6) is 1.54. The van der Waals surface area contributed by atoms with E-state index in [0.29, 0.717) is 24.1 Å². The van der Waals surface area contributed by atoms with Crippen molar-refractivity contribution in [2.75, 3.05) is 33.3 Å². The van der Waals surface area contributed by atoms with E-state index in [-0.39, 0.29) is 0 Å². The summed E-state index contributed by atoms with van der Waals surface area (Å²) in [4.78, 5) is 10.2. The lowest BCUT2D eigenvalue weighted by molar-refractivity contribution is -0.140. The predicted molar refractivity (Wildman–Crippen MR) is 105 cm³/mol. The molecule has 2 aliphatic rings. The average Bonchev–Trinajstić information content (AvgIpc) is 3.36. The van der Waals surface area contributed by atoms with Crippen LogP contribution in [0.25, 0.3) is 0 Å². The molecule has 1 N–H and O–H groups in total. The Kier molecular flexibility index (Phi) is 7.56. The molecule has 0 radical (unpaired) electrons. The summed E-state index contributed by atoms with van der Waals surface area (Å²) >= 11 is 1.05. The van der Waals surface area contributed by atoms with Crippen LogP contribution in [0, 0.1) is 5.92 Å². The van der Waals surface area contributed by atoms with Gasteiger partial charge >= 0.3 is 6.18 Å². The van der Waals surface area contributed by atoms with Crippen molar-refractivity contribution in [2.24, 2.45) is 10.9 Å². The second kappa shape index (κ2) is 9.91. The van der Waals surface area contributed by atoms with Crippen LogP contribution in [-0.2, 0) is 17.3 Å². The zero-order valence-electron chi connectivity index (χ0n) is 16.3. The fraction of sp³-hybridized carbons (Fsp3) is 0.789. The Hall–Kier alpha value is -1.35. The predicted octanol–water partition coefficient (Wildman–Crippen LogP) is 3.95. The van der Waals surface area contributed by atoms with Gasteiger partial charge in [0, 0.05) is 45.1 Å². The second-order valence-electron chi connectivity index (χ2n) is 7.52. The number of likely N-dealkylation sites (tertiary alicyclic amines) is 1. The highest BCUT2D eigenvalue weighted by Crippen LogP contribution is 2.30. The lowest BCUT2D eigenvalue weighted by atomic mass is 10.1. The molecule has 1 aromatic heterocycles. The Bertz CT molecular complexity index is 635. The molecule has 5 nitrogen and oxygen atoms in total. The van der Waals surface area contributed by atoms with Crippen LogP contribution in [0.2, 0.25) is 0 Å². The molecule has 0 atom stereocenters. The van der Waals surface area contributed by atoms with Crippen molar-refractivity contribution in [1.29, 1.82) is 0 Å². The van der Waals surface area contributed by atoms with Crippen molar-refractivity contribution in [2.45, 2.75) is 57.2 Å². The molecule has 0 spiro atoms. The van der Waals surface area contributed by atoms with Crippen LogP contribution >= 0.6 is 11.3 Å². The first kappa shape index (κ1) is 21.4. The lowest BCUT2D eigenvalue weighted by Gasteiger charge is -2.34. The van der Waals surface area contributed by atoms with Gasteiger partial charge in [0.15, 0.2) is 11.7 Å². The molecule has 9 heteroatoms. The molecule has 1 saturated heterocycles. The maximum absolute atomic E-state index is 12.6. The molecular weight excluding hydrogens is 389 g/mol. The molecule has 3 rings (SSSR count). The largest absolute Gasteiger partial charge is 0.434 e. The topological polar surface area (TPSA) is 49.8 Å². The van der Waals surface area contributed by atoms with Gasteiger partial charge in [-0.3, -0.25) is 4.99 Å². The van der Waals surface area contributed by atoms with Gasteiger partial charge in [0.25, 0.3) is 0 Å². The number of thiazole rings is 1. The highest BCUT2D eigenvalue weighted by atomic mass is 32.1. The minimum atomic E-state index is -4.37. The normalized spacial score (nSPS) is 20.1. The molecule has 28 heavy (non-hydrogen) atoms. The van der Waals surface area contributed by atoms with E-state index in [1.54, 1.807) is 7.05 Å². The monoisotopic (exact) mass is 418 g/mol. The number of alkyl halides is 3. The first-order chi connectivity index (χ1) is 13.5. The van der Waals surface area contributed by atoms with Crippen LogP contribution in [0.4, 0.5) is 13.2 Å². The Balaban J connectivity index is 1.37. The molecular formula is C19H29F3N4OS. The van der Waals surface area contributed by atoms with Gasteiger partial charge in [0.2, 0.25) is 0 Å².